The molecule has 3 N–H and O–H groups in total. The van der Waals surface area contributed by atoms with Gasteiger partial charge in [-0.15, -0.1) is 0 Å². The van der Waals surface area contributed by atoms with Crippen LogP contribution in [0.1, 0.15) is 25.7 Å². The lowest BCUT2D eigenvalue weighted by molar-refractivity contribution is -0.124. The van der Waals surface area contributed by atoms with Crippen LogP contribution in [0.3, 0.4) is 0 Å². The van der Waals surface area contributed by atoms with Gasteiger partial charge in [-0.2, -0.15) is 0 Å². The topological polar surface area (TPSA) is 53.2 Å². The zero-order chi connectivity index (χ0) is 9.97. The maximum Gasteiger partial charge on any atom is 0.242 e. The van der Waals surface area contributed by atoms with Crippen LogP contribution >= 0.6 is 12.2 Å². The van der Waals surface area contributed by atoms with Gasteiger partial charge in [0.2, 0.25) is 5.91 Å². The van der Waals surface area contributed by atoms with Crippen molar-refractivity contribution in [1.82, 2.24) is 16.0 Å². The highest BCUT2D eigenvalue weighted by Gasteiger charge is 2.25. The Morgan fingerprint density at radius 2 is 2.14 bits per heavy atom. The number of hydrogen-bond donors (Lipinski definition) is 3. The first-order chi connectivity index (χ1) is 6.75. The van der Waals surface area contributed by atoms with E-state index in [2.05, 4.69) is 16.0 Å². The van der Waals surface area contributed by atoms with Crippen molar-refractivity contribution in [3.05, 3.63) is 0 Å². The number of piperidine rings is 1. The van der Waals surface area contributed by atoms with Gasteiger partial charge in [-0.05, 0) is 37.9 Å². The number of nitrogens with one attached hydrogen (secondary N) is 3. The molecular weight excluding hydrogens is 198 g/mol. The third-order valence-corrected chi connectivity index (χ3v) is 2.74. The highest BCUT2D eigenvalue weighted by Crippen LogP contribution is 2.18. The maximum atomic E-state index is 11.4. The van der Waals surface area contributed by atoms with E-state index in [1.807, 2.05) is 0 Å². The Kier molecular flexibility index (Phi) is 2.86. The van der Waals surface area contributed by atoms with Gasteiger partial charge in [0.15, 0.2) is 5.11 Å². The lowest BCUT2D eigenvalue weighted by atomic mass is 10.1. The third-order valence-electron chi connectivity index (χ3n) is 2.50. The molecule has 0 aromatic rings. The zero-order valence-corrected chi connectivity index (χ0v) is 8.82. The van der Waals surface area contributed by atoms with Crippen LogP contribution in [0.25, 0.3) is 0 Å². The third kappa shape index (κ3) is 2.57. The summed E-state index contributed by atoms with van der Waals surface area (Å²) in [5, 5.41) is 9.65. The molecule has 2 aliphatic rings. The number of hydrogen-bond acceptors (Lipinski definition) is 2. The van der Waals surface area contributed by atoms with Crippen molar-refractivity contribution in [2.24, 2.45) is 0 Å². The molecule has 0 aromatic carbocycles. The Morgan fingerprint density at radius 3 is 2.79 bits per heavy atom. The summed E-state index contributed by atoms with van der Waals surface area (Å²) >= 11 is 5.10. The molecule has 1 amide bonds. The van der Waals surface area contributed by atoms with E-state index in [9.17, 15) is 4.79 Å². The fourth-order valence-electron chi connectivity index (χ4n) is 1.52. The van der Waals surface area contributed by atoms with Crippen LogP contribution in [0.15, 0.2) is 0 Å². The standard InChI is InChI=1S/C9H15N3OS/c13-8-7(2-1-5-10-8)12-9(14)11-6-3-4-6/h6-7H,1-5H2,(H,10,13)(H2,11,12,14). The fourth-order valence-corrected chi connectivity index (χ4v) is 1.83. The first kappa shape index (κ1) is 9.71. The van der Waals surface area contributed by atoms with Gasteiger partial charge in [-0.25, -0.2) is 0 Å². The molecule has 1 heterocycles. The van der Waals surface area contributed by atoms with Gasteiger partial charge < -0.3 is 16.0 Å². The Balaban J connectivity index is 1.76. The minimum Gasteiger partial charge on any atom is -0.360 e. The SMILES string of the molecule is O=C1NCCCC1NC(=S)NC1CC1. The molecular formula is C9H15N3OS. The largest absolute Gasteiger partial charge is 0.360 e. The molecule has 1 atom stereocenters. The Hall–Kier alpha value is -0.840. The highest BCUT2D eigenvalue weighted by atomic mass is 32.1. The lowest BCUT2D eigenvalue weighted by Crippen LogP contribution is -2.52. The molecule has 4 nitrogen and oxygen atoms in total. The summed E-state index contributed by atoms with van der Waals surface area (Å²) in [7, 11) is 0. The van der Waals surface area contributed by atoms with Gasteiger partial charge in [0.25, 0.3) is 0 Å². The summed E-state index contributed by atoms with van der Waals surface area (Å²) in [5.41, 5.74) is 0. The van der Waals surface area contributed by atoms with Gasteiger partial charge in [0, 0.05) is 12.6 Å². The van der Waals surface area contributed by atoms with E-state index in [1.165, 1.54) is 12.8 Å². The Morgan fingerprint density at radius 1 is 1.36 bits per heavy atom. The second-order valence-electron chi connectivity index (χ2n) is 3.88. The molecule has 0 bridgehead atoms. The van der Waals surface area contributed by atoms with Gasteiger partial charge in [-0.1, -0.05) is 0 Å². The van der Waals surface area contributed by atoms with E-state index in [1.54, 1.807) is 0 Å². The van der Waals surface area contributed by atoms with E-state index in [4.69, 9.17) is 12.2 Å². The summed E-state index contributed by atoms with van der Waals surface area (Å²) in [6.45, 7) is 0.791. The molecule has 14 heavy (non-hydrogen) atoms. The predicted molar refractivity (Wildman–Crippen MR) is 57.9 cm³/mol. The number of amides is 1. The summed E-state index contributed by atoms with van der Waals surface area (Å²) in [5.74, 6) is 0.0659. The van der Waals surface area contributed by atoms with Gasteiger partial charge >= 0.3 is 0 Å². The molecule has 78 valence electrons. The van der Waals surface area contributed by atoms with Crippen LogP contribution in [0.4, 0.5) is 0 Å². The van der Waals surface area contributed by atoms with E-state index in [-0.39, 0.29) is 11.9 Å². The zero-order valence-electron chi connectivity index (χ0n) is 8.01. The number of rotatable bonds is 2. The minimum absolute atomic E-state index is 0.0659. The van der Waals surface area contributed by atoms with Crippen molar-refractivity contribution in [2.75, 3.05) is 6.54 Å². The molecule has 0 aromatic heterocycles. The molecule has 1 aliphatic heterocycles. The molecule has 1 saturated carbocycles. The Bertz CT molecular complexity index is 252. The number of carbonyl (C=O) groups excluding carboxylic acids is 1. The van der Waals surface area contributed by atoms with Crippen LogP contribution in [0.5, 0.6) is 0 Å². The fraction of sp³-hybridized carbons (Fsp3) is 0.778. The van der Waals surface area contributed by atoms with Crippen molar-refractivity contribution in [3.63, 3.8) is 0 Å². The number of carbonyl (C=O) groups is 1. The first-order valence-corrected chi connectivity index (χ1v) is 5.51. The summed E-state index contributed by atoms with van der Waals surface area (Å²) < 4.78 is 0. The monoisotopic (exact) mass is 213 g/mol. The van der Waals surface area contributed by atoms with Crippen LogP contribution < -0.4 is 16.0 Å². The molecule has 2 rings (SSSR count). The van der Waals surface area contributed by atoms with Crippen LogP contribution in [0.2, 0.25) is 0 Å². The molecule has 0 radical (unpaired) electrons. The molecule has 0 spiro atoms. The molecule has 1 saturated heterocycles. The lowest BCUT2D eigenvalue weighted by Gasteiger charge is -2.24. The van der Waals surface area contributed by atoms with Gasteiger partial charge in [-0.3, -0.25) is 4.79 Å². The van der Waals surface area contributed by atoms with Crippen molar-refractivity contribution >= 4 is 23.2 Å². The second kappa shape index (κ2) is 4.13. The van der Waals surface area contributed by atoms with Gasteiger partial charge in [0.1, 0.15) is 6.04 Å². The van der Waals surface area contributed by atoms with E-state index < -0.39 is 0 Å². The summed E-state index contributed by atoms with van der Waals surface area (Å²) in [4.78, 5) is 11.4. The van der Waals surface area contributed by atoms with Gasteiger partial charge in [0.05, 0.1) is 0 Å². The normalized spacial score (nSPS) is 26.6. The average molecular weight is 213 g/mol. The van der Waals surface area contributed by atoms with Crippen LogP contribution in [-0.2, 0) is 4.79 Å². The van der Waals surface area contributed by atoms with E-state index >= 15 is 0 Å². The average Bonchev–Trinajstić information content (AvgIpc) is 2.93. The predicted octanol–water partition coefficient (Wildman–Crippen LogP) is -0.109. The molecule has 1 aliphatic carbocycles. The summed E-state index contributed by atoms with van der Waals surface area (Å²) in [6, 6.07) is 0.407. The first-order valence-electron chi connectivity index (χ1n) is 5.10. The quantitative estimate of drug-likeness (QED) is 0.560. The molecule has 1 unspecified atom stereocenters. The van der Waals surface area contributed by atoms with Crippen LogP contribution in [-0.4, -0.2) is 29.6 Å². The second-order valence-corrected chi connectivity index (χ2v) is 4.29. The molecule has 2 fully saturated rings. The van der Waals surface area contributed by atoms with Crippen LogP contribution in [0, 0.1) is 0 Å². The maximum absolute atomic E-state index is 11.4. The minimum atomic E-state index is -0.137. The number of thiocarbonyl (C=S) groups is 1. The smallest absolute Gasteiger partial charge is 0.242 e. The van der Waals surface area contributed by atoms with Crippen molar-refractivity contribution < 1.29 is 4.79 Å². The van der Waals surface area contributed by atoms with Crippen molar-refractivity contribution in [3.8, 4) is 0 Å². The van der Waals surface area contributed by atoms with E-state index in [0.717, 1.165) is 19.4 Å². The molecule has 5 heteroatoms. The van der Waals surface area contributed by atoms with E-state index in [0.29, 0.717) is 11.2 Å². The van der Waals surface area contributed by atoms with Crippen molar-refractivity contribution in [1.29, 1.82) is 0 Å². The highest BCUT2D eigenvalue weighted by molar-refractivity contribution is 7.80. The van der Waals surface area contributed by atoms with Crippen molar-refractivity contribution in [2.45, 2.75) is 37.8 Å². The summed E-state index contributed by atoms with van der Waals surface area (Å²) in [6.07, 6.45) is 4.28. The Labute approximate surface area is 88.8 Å².